The molecular weight excluding hydrogens is 438 g/mol. The number of rotatable bonds is 8. The molecule has 0 saturated heterocycles. The summed E-state index contributed by atoms with van der Waals surface area (Å²) in [6, 6.07) is 17.1. The number of para-hydroxylation sites is 1. The van der Waals surface area contributed by atoms with Gasteiger partial charge >= 0.3 is 6.03 Å². The molecule has 0 aliphatic rings. The number of urea groups is 1. The molecule has 1 aromatic heterocycles. The lowest BCUT2D eigenvalue weighted by Crippen LogP contribution is -2.41. The van der Waals surface area contributed by atoms with Crippen LogP contribution in [0.1, 0.15) is 57.4 Å². The number of hydrogen-bond donors (Lipinski definition) is 2. The van der Waals surface area contributed by atoms with Crippen LogP contribution >= 0.6 is 0 Å². The first-order chi connectivity index (χ1) is 16.6. The predicted octanol–water partition coefficient (Wildman–Crippen LogP) is 6.06. The van der Waals surface area contributed by atoms with E-state index in [1.807, 2.05) is 68.4 Å². The molecule has 7 heteroatoms. The van der Waals surface area contributed by atoms with E-state index >= 15 is 0 Å². The molecule has 0 atom stereocenters. The minimum atomic E-state index is -0.283. The van der Waals surface area contributed by atoms with Crippen LogP contribution in [0.5, 0.6) is 0 Å². The van der Waals surface area contributed by atoms with E-state index in [1.165, 1.54) is 0 Å². The minimum Gasteiger partial charge on any atom is -0.315 e. The number of hydrogen-bond acceptors (Lipinski definition) is 3. The van der Waals surface area contributed by atoms with Crippen molar-refractivity contribution in [2.75, 3.05) is 23.7 Å². The zero-order valence-corrected chi connectivity index (χ0v) is 21.7. The number of nitrogens with zero attached hydrogens (tertiary/aromatic N) is 3. The summed E-state index contributed by atoms with van der Waals surface area (Å²) in [5, 5.41) is 10.7. The number of amides is 3. The molecule has 0 bridgehead atoms. The highest BCUT2D eigenvalue weighted by molar-refractivity contribution is 5.97. The van der Waals surface area contributed by atoms with E-state index in [4.69, 9.17) is 5.10 Å². The third-order valence-electron chi connectivity index (χ3n) is 6.00. The van der Waals surface area contributed by atoms with Crippen molar-refractivity contribution < 1.29 is 9.59 Å². The van der Waals surface area contributed by atoms with Crippen molar-refractivity contribution in [3.63, 3.8) is 0 Å². The van der Waals surface area contributed by atoms with Gasteiger partial charge in [0, 0.05) is 23.7 Å². The lowest BCUT2D eigenvalue weighted by atomic mass is 9.92. The van der Waals surface area contributed by atoms with Crippen LogP contribution in [-0.2, 0) is 10.2 Å². The summed E-state index contributed by atoms with van der Waals surface area (Å²) in [6.45, 7) is 12.7. The van der Waals surface area contributed by atoms with E-state index < -0.39 is 0 Å². The van der Waals surface area contributed by atoms with Gasteiger partial charge in [-0.15, -0.1) is 0 Å². The SMILES string of the molecule is CCCCN(CC(=O)Nc1cc(C(C)(C)C)nn1-c1ccccc1)C(=O)Nc1cccc(C)c1C. The van der Waals surface area contributed by atoms with Crippen molar-refractivity contribution in [3.8, 4) is 5.69 Å². The Balaban J connectivity index is 1.80. The van der Waals surface area contributed by atoms with Crippen LogP contribution in [-0.4, -0.2) is 39.7 Å². The van der Waals surface area contributed by atoms with Crippen molar-refractivity contribution in [2.24, 2.45) is 0 Å². The summed E-state index contributed by atoms with van der Waals surface area (Å²) in [4.78, 5) is 27.8. The molecule has 2 N–H and O–H groups in total. The fourth-order valence-electron chi connectivity index (χ4n) is 3.64. The van der Waals surface area contributed by atoms with Crippen LogP contribution in [0, 0.1) is 13.8 Å². The first-order valence-corrected chi connectivity index (χ1v) is 12.2. The highest BCUT2D eigenvalue weighted by atomic mass is 16.2. The molecule has 0 unspecified atom stereocenters. The predicted molar refractivity (Wildman–Crippen MR) is 142 cm³/mol. The van der Waals surface area contributed by atoms with Crippen molar-refractivity contribution in [2.45, 2.75) is 59.8 Å². The molecule has 3 aromatic rings. The molecule has 1 heterocycles. The summed E-state index contributed by atoms with van der Waals surface area (Å²) in [6.07, 6.45) is 1.73. The lowest BCUT2D eigenvalue weighted by molar-refractivity contribution is -0.116. The molecule has 3 amide bonds. The average molecular weight is 476 g/mol. The Labute approximate surface area is 208 Å². The summed E-state index contributed by atoms with van der Waals surface area (Å²) >= 11 is 0. The molecule has 0 fully saturated rings. The van der Waals surface area contributed by atoms with Gasteiger partial charge in [-0.25, -0.2) is 9.48 Å². The number of unbranched alkanes of at least 4 members (excludes halogenated alkanes) is 1. The Morgan fingerprint density at radius 3 is 2.37 bits per heavy atom. The Morgan fingerprint density at radius 2 is 1.71 bits per heavy atom. The van der Waals surface area contributed by atoms with Gasteiger partial charge in [0.1, 0.15) is 12.4 Å². The molecule has 3 rings (SSSR count). The largest absolute Gasteiger partial charge is 0.322 e. The highest BCUT2D eigenvalue weighted by Crippen LogP contribution is 2.26. The third kappa shape index (κ3) is 6.72. The molecule has 186 valence electrons. The van der Waals surface area contributed by atoms with Crippen LogP contribution in [0.4, 0.5) is 16.3 Å². The van der Waals surface area contributed by atoms with E-state index in [0.29, 0.717) is 12.4 Å². The van der Waals surface area contributed by atoms with Gasteiger partial charge in [-0.05, 0) is 49.6 Å². The number of carbonyl (C=O) groups excluding carboxylic acids is 2. The molecule has 0 spiro atoms. The average Bonchev–Trinajstić information content (AvgIpc) is 3.24. The van der Waals surface area contributed by atoms with Crippen molar-refractivity contribution in [3.05, 3.63) is 71.4 Å². The van der Waals surface area contributed by atoms with Gasteiger partial charge < -0.3 is 15.5 Å². The van der Waals surface area contributed by atoms with Crippen LogP contribution in [0.25, 0.3) is 5.69 Å². The van der Waals surface area contributed by atoms with E-state index in [-0.39, 0.29) is 23.9 Å². The maximum absolute atomic E-state index is 13.1. The number of nitrogens with one attached hydrogen (secondary N) is 2. The summed E-state index contributed by atoms with van der Waals surface area (Å²) in [5.74, 6) is 0.311. The lowest BCUT2D eigenvalue weighted by Gasteiger charge is -2.23. The number of carbonyl (C=O) groups is 2. The third-order valence-corrected chi connectivity index (χ3v) is 6.00. The number of benzene rings is 2. The van der Waals surface area contributed by atoms with Crippen LogP contribution in [0.2, 0.25) is 0 Å². The zero-order valence-electron chi connectivity index (χ0n) is 21.7. The minimum absolute atomic E-state index is 0.0541. The maximum atomic E-state index is 13.1. The zero-order chi connectivity index (χ0) is 25.6. The topological polar surface area (TPSA) is 79.3 Å². The van der Waals surface area contributed by atoms with Crippen LogP contribution in [0.3, 0.4) is 0 Å². The maximum Gasteiger partial charge on any atom is 0.322 e. The van der Waals surface area contributed by atoms with Crippen molar-refractivity contribution in [1.29, 1.82) is 0 Å². The molecule has 7 nitrogen and oxygen atoms in total. The van der Waals surface area contributed by atoms with Gasteiger partial charge in [0.2, 0.25) is 5.91 Å². The second-order valence-corrected chi connectivity index (χ2v) is 9.91. The Kier molecular flexibility index (Phi) is 8.33. The first kappa shape index (κ1) is 26.0. The monoisotopic (exact) mass is 475 g/mol. The molecule has 2 aromatic carbocycles. The van der Waals surface area contributed by atoms with Gasteiger partial charge in [-0.3, -0.25) is 4.79 Å². The quantitative estimate of drug-likeness (QED) is 0.416. The molecule has 0 saturated carbocycles. The van der Waals surface area contributed by atoms with Gasteiger partial charge in [0.05, 0.1) is 11.4 Å². The van der Waals surface area contributed by atoms with E-state index in [1.54, 1.807) is 9.58 Å². The van der Waals surface area contributed by atoms with Crippen molar-refractivity contribution in [1.82, 2.24) is 14.7 Å². The molecular formula is C28H37N5O2. The number of anilines is 2. The summed E-state index contributed by atoms with van der Waals surface area (Å²) < 4.78 is 1.74. The van der Waals surface area contributed by atoms with Gasteiger partial charge in [0.25, 0.3) is 0 Å². The number of aromatic nitrogens is 2. The first-order valence-electron chi connectivity index (χ1n) is 12.2. The number of aryl methyl sites for hydroxylation is 1. The fraction of sp³-hybridized carbons (Fsp3) is 0.393. The van der Waals surface area contributed by atoms with E-state index in [0.717, 1.165) is 41.0 Å². The molecule has 35 heavy (non-hydrogen) atoms. The van der Waals surface area contributed by atoms with E-state index in [9.17, 15) is 9.59 Å². The second kappa shape index (κ2) is 11.2. The van der Waals surface area contributed by atoms with Crippen LogP contribution in [0.15, 0.2) is 54.6 Å². The Morgan fingerprint density at radius 1 is 1.00 bits per heavy atom. The van der Waals surface area contributed by atoms with Gasteiger partial charge in [-0.1, -0.05) is 64.4 Å². The Hall–Kier alpha value is -3.61. The van der Waals surface area contributed by atoms with Crippen LogP contribution < -0.4 is 10.6 Å². The van der Waals surface area contributed by atoms with Crippen molar-refractivity contribution >= 4 is 23.4 Å². The Bertz CT molecular complexity index is 1160. The van der Waals surface area contributed by atoms with Gasteiger partial charge in [-0.2, -0.15) is 5.10 Å². The second-order valence-electron chi connectivity index (χ2n) is 9.91. The summed E-state index contributed by atoms with van der Waals surface area (Å²) in [5.41, 5.74) is 4.42. The molecule has 0 aliphatic heterocycles. The molecule has 0 radical (unpaired) electrons. The fourth-order valence-corrected chi connectivity index (χ4v) is 3.64. The smallest absolute Gasteiger partial charge is 0.315 e. The molecule has 0 aliphatic carbocycles. The van der Waals surface area contributed by atoms with E-state index in [2.05, 4.69) is 38.3 Å². The highest BCUT2D eigenvalue weighted by Gasteiger charge is 2.23. The normalized spacial score (nSPS) is 11.3. The van der Waals surface area contributed by atoms with Gasteiger partial charge in [0.15, 0.2) is 0 Å². The summed E-state index contributed by atoms with van der Waals surface area (Å²) in [7, 11) is 0. The standard InChI is InChI=1S/C28H37N5O2/c1-7-8-17-32(27(35)29-23-16-12-13-20(2)21(23)3)19-26(34)30-25-18-24(28(4,5)6)31-33(25)22-14-10-9-11-15-22/h9-16,18H,7-8,17,19H2,1-6H3,(H,29,35)(H,30,34).